The van der Waals surface area contributed by atoms with Gasteiger partial charge >= 0.3 is 5.97 Å². The number of aromatic nitrogens is 4. The molecule has 7 heteroatoms. The Balaban J connectivity index is 1.95. The van der Waals surface area contributed by atoms with Crippen molar-refractivity contribution in [1.82, 2.24) is 19.9 Å². The Morgan fingerprint density at radius 2 is 1.83 bits per heavy atom. The maximum absolute atomic E-state index is 11.1. The van der Waals surface area contributed by atoms with Crippen LogP contribution in [0.25, 0.3) is 11.4 Å². The van der Waals surface area contributed by atoms with E-state index >= 15 is 0 Å². The van der Waals surface area contributed by atoms with E-state index < -0.39 is 5.97 Å². The van der Waals surface area contributed by atoms with Gasteiger partial charge in [-0.1, -0.05) is 6.07 Å². The molecular weight excluding hydrogens is 306 g/mol. The van der Waals surface area contributed by atoms with E-state index in [-0.39, 0.29) is 5.56 Å². The van der Waals surface area contributed by atoms with Crippen LogP contribution in [0.4, 0.5) is 11.6 Å². The van der Waals surface area contributed by atoms with Crippen LogP contribution in [0.3, 0.4) is 0 Å². The summed E-state index contributed by atoms with van der Waals surface area (Å²) in [5.41, 5.74) is 3.83. The van der Waals surface area contributed by atoms with Crippen LogP contribution < -0.4 is 5.32 Å². The third kappa shape index (κ3) is 3.19. The molecule has 0 spiro atoms. The van der Waals surface area contributed by atoms with Crippen LogP contribution in [0.2, 0.25) is 0 Å². The van der Waals surface area contributed by atoms with E-state index in [1.807, 2.05) is 13.8 Å². The molecule has 24 heavy (non-hydrogen) atoms. The van der Waals surface area contributed by atoms with Gasteiger partial charge < -0.3 is 10.4 Å². The Hall–Kier alpha value is -3.35. The Morgan fingerprint density at radius 1 is 1.04 bits per heavy atom. The van der Waals surface area contributed by atoms with Gasteiger partial charge in [-0.15, -0.1) is 0 Å². The Labute approximate surface area is 138 Å². The van der Waals surface area contributed by atoms with Crippen LogP contribution in [-0.4, -0.2) is 31.0 Å². The molecule has 0 aliphatic rings. The van der Waals surface area contributed by atoms with E-state index in [9.17, 15) is 4.79 Å². The summed E-state index contributed by atoms with van der Waals surface area (Å²) in [4.78, 5) is 28.2. The standard InChI is InChI=1S/C17H15N5O2/c1-10-3-4-12(16(23)24)9-14(10)22-17-20-6-5-13(21-17)15-11(2)18-7-8-19-15/h3-9H,1-2H3,(H,23,24)(H,20,21,22). The van der Waals surface area contributed by atoms with Crippen LogP contribution in [0.15, 0.2) is 42.9 Å². The van der Waals surface area contributed by atoms with Gasteiger partial charge in [0.2, 0.25) is 5.95 Å². The minimum absolute atomic E-state index is 0.198. The van der Waals surface area contributed by atoms with Gasteiger partial charge in [-0.25, -0.2) is 14.8 Å². The molecule has 0 aliphatic heterocycles. The normalized spacial score (nSPS) is 10.4. The van der Waals surface area contributed by atoms with Crippen molar-refractivity contribution in [2.75, 3.05) is 5.32 Å². The van der Waals surface area contributed by atoms with E-state index in [2.05, 4.69) is 25.3 Å². The average Bonchev–Trinajstić information content (AvgIpc) is 2.57. The molecule has 0 aliphatic carbocycles. The molecule has 2 heterocycles. The third-order valence-corrected chi connectivity index (χ3v) is 3.51. The summed E-state index contributed by atoms with van der Waals surface area (Å²) in [7, 11) is 0. The molecule has 2 N–H and O–H groups in total. The first-order valence-electron chi connectivity index (χ1n) is 7.26. The Bertz CT molecular complexity index is 911. The Morgan fingerprint density at radius 3 is 2.58 bits per heavy atom. The molecule has 0 amide bonds. The lowest BCUT2D eigenvalue weighted by atomic mass is 10.1. The zero-order valence-electron chi connectivity index (χ0n) is 13.2. The van der Waals surface area contributed by atoms with Crippen molar-refractivity contribution in [2.24, 2.45) is 0 Å². The van der Waals surface area contributed by atoms with E-state index in [0.717, 1.165) is 11.3 Å². The van der Waals surface area contributed by atoms with Crippen molar-refractivity contribution >= 4 is 17.6 Å². The van der Waals surface area contributed by atoms with Crippen molar-refractivity contribution in [1.29, 1.82) is 0 Å². The molecule has 0 fully saturated rings. The van der Waals surface area contributed by atoms with Crippen LogP contribution in [0, 0.1) is 13.8 Å². The van der Waals surface area contributed by atoms with Gasteiger partial charge in [-0.3, -0.25) is 9.97 Å². The second-order valence-corrected chi connectivity index (χ2v) is 5.22. The maximum atomic E-state index is 11.1. The maximum Gasteiger partial charge on any atom is 0.335 e. The number of aromatic carboxylic acids is 1. The van der Waals surface area contributed by atoms with Crippen molar-refractivity contribution in [2.45, 2.75) is 13.8 Å². The molecule has 3 aromatic rings. The van der Waals surface area contributed by atoms with Crippen LogP contribution in [0.5, 0.6) is 0 Å². The highest BCUT2D eigenvalue weighted by atomic mass is 16.4. The summed E-state index contributed by atoms with van der Waals surface area (Å²) in [6.45, 7) is 3.74. The highest BCUT2D eigenvalue weighted by Gasteiger charge is 2.10. The monoisotopic (exact) mass is 321 g/mol. The number of rotatable bonds is 4. The predicted molar refractivity (Wildman–Crippen MR) is 89.2 cm³/mol. The van der Waals surface area contributed by atoms with Crippen LogP contribution >= 0.6 is 0 Å². The third-order valence-electron chi connectivity index (χ3n) is 3.51. The summed E-state index contributed by atoms with van der Waals surface area (Å²) >= 11 is 0. The molecule has 3 rings (SSSR count). The van der Waals surface area contributed by atoms with E-state index in [1.165, 1.54) is 0 Å². The van der Waals surface area contributed by atoms with Crippen molar-refractivity contribution < 1.29 is 9.90 Å². The topological polar surface area (TPSA) is 101 Å². The quantitative estimate of drug-likeness (QED) is 0.761. The van der Waals surface area contributed by atoms with Crippen molar-refractivity contribution in [3.05, 3.63) is 59.7 Å². The SMILES string of the molecule is Cc1ccc(C(=O)O)cc1Nc1nccc(-c2nccnc2C)n1. The fraction of sp³-hybridized carbons (Fsp3) is 0.118. The molecule has 1 aromatic carbocycles. The number of carboxylic acid groups (broad SMARTS) is 1. The number of hydrogen-bond acceptors (Lipinski definition) is 6. The first-order chi connectivity index (χ1) is 11.5. The smallest absolute Gasteiger partial charge is 0.335 e. The van der Waals surface area contributed by atoms with Gasteiger partial charge in [0.05, 0.1) is 17.0 Å². The number of aryl methyl sites for hydroxylation is 2. The lowest BCUT2D eigenvalue weighted by Crippen LogP contribution is -2.03. The number of anilines is 2. The molecule has 0 unspecified atom stereocenters. The minimum atomic E-state index is -0.983. The van der Waals surface area contributed by atoms with Gasteiger partial charge in [0, 0.05) is 24.3 Å². The van der Waals surface area contributed by atoms with Crippen LogP contribution in [0.1, 0.15) is 21.6 Å². The molecule has 0 radical (unpaired) electrons. The number of hydrogen-bond donors (Lipinski definition) is 2. The highest BCUT2D eigenvalue weighted by Crippen LogP contribution is 2.22. The number of benzene rings is 1. The summed E-state index contributed by atoms with van der Waals surface area (Å²) in [6.07, 6.45) is 4.85. The van der Waals surface area contributed by atoms with Gasteiger partial charge in [-0.2, -0.15) is 0 Å². The van der Waals surface area contributed by atoms with Gasteiger partial charge in [0.15, 0.2) is 0 Å². The van der Waals surface area contributed by atoms with E-state index in [1.54, 1.807) is 42.9 Å². The first kappa shape index (κ1) is 15.5. The molecular formula is C17H15N5O2. The molecule has 120 valence electrons. The molecule has 0 bridgehead atoms. The lowest BCUT2D eigenvalue weighted by molar-refractivity contribution is 0.0697. The average molecular weight is 321 g/mol. The fourth-order valence-electron chi connectivity index (χ4n) is 2.22. The molecule has 0 atom stereocenters. The summed E-state index contributed by atoms with van der Waals surface area (Å²) in [6, 6.07) is 6.61. The largest absolute Gasteiger partial charge is 0.478 e. The number of nitrogens with zero attached hydrogens (tertiary/aromatic N) is 4. The summed E-state index contributed by atoms with van der Waals surface area (Å²) in [5, 5.41) is 12.2. The van der Waals surface area contributed by atoms with Gasteiger partial charge in [-0.05, 0) is 37.6 Å². The number of carboxylic acids is 1. The molecule has 2 aromatic heterocycles. The Kier molecular flexibility index (Phi) is 4.15. The fourth-order valence-corrected chi connectivity index (χ4v) is 2.22. The van der Waals surface area contributed by atoms with Gasteiger partial charge in [0.1, 0.15) is 5.69 Å². The van der Waals surface area contributed by atoms with Crippen LogP contribution in [-0.2, 0) is 0 Å². The zero-order chi connectivity index (χ0) is 17.1. The van der Waals surface area contributed by atoms with Crippen molar-refractivity contribution in [3.63, 3.8) is 0 Å². The molecule has 0 saturated heterocycles. The second kappa shape index (κ2) is 6.41. The summed E-state index contributed by atoms with van der Waals surface area (Å²) in [5.74, 6) is -0.619. The lowest BCUT2D eigenvalue weighted by Gasteiger charge is -2.10. The number of carbonyl (C=O) groups is 1. The minimum Gasteiger partial charge on any atom is -0.478 e. The molecule has 7 nitrogen and oxygen atoms in total. The van der Waals surface area contributed by atoms with Gasteiger partial charge in [0.25, 0.3) is 0 Å². The second-order valence-electron chi connectivity index (χ2n) is 5.22. The van der Waals surface area contributed by atoms with Crippen molar-refractivity contribution in [3.8, 4) is 11.4 Å². The molecule has 0 saturated carbocycles. The predicted octanol–water partition coefficient (Wildman–Crippen LogP) is 2.99. The highest BCUT2D eigenvalue weighted by molar-refractivity contribution is 5.89. The zero-order valence-corrected chi connectivity index (χ0v) is 13.2. The number of nitrogens with one attached hydrogen (secondary N) is 1. The van der Waals surface area contributed by atoms with E-state index in [0.29, 0.717) is 23.0 Å². The summed E-state index contributed by atoms with van der Waals surface area (Å²) < 4.78 is 0. The first-order valence-corrected chi connectivity index (χ1v) is 7.26. The van der Waals surface area contributed by atoms with E-state index in [4.69, 9.17) is 5.11 Å².